The zero-order valence-electron chi connectivity index (χ0n) is 10.9. The molecule has 1 aromatic heterocycles. The Balaban J connectivity index is 1.85. The molecular formula is C17H13N3. The SMILES string of the molecule is N#Cc1cccc(CNc2ccnc3ccccc23)c1. The number of aromatic nitrogens is 1. The zero-order valence-corrected chi connectivity index (χ0v) is 10.9. The zero-order chi connectivity index (χ0) is 13.8. The molecule has 3 aromatic rings. The van der Waals surface area contributed by atoms with Gasteiger partial charge >= 0.3 is 0 Å². The van der Waals surface area contributed by atoms with Crippen LogP contribution in [-0.2, 0) is 6.54 Å². The molecule has 0 unspecified atom stereocenters. The van der Waals surface area contributed by atoms with Crippen LogP contribution in [0.5, 0.6) is 0 Å². The van der Waals surface area contributed by atoms with Crippen LogP contribution >= 0.6 is 0 Å². The summed E-state index contributed by atoms with van der Waals surface area (Å²) in [4.78, 5) is 4.34. The molecule has 0 saturated carbocycles. The number of anilines is 1. The Labute approximate surface area is 117 Å². The number of nitrogens with zero attached hydrogens (tertiary/aromatic N) is 2. The van der Waals surface area contributed by atoms with Gasteiger partial charge in [0.15, 0.2) is 0 Å². The van der Waals surface area contributed by atoms with Crippen molar-refractivity contribution in [1.29, 1.82) is 5.26 Å². The van der Waals surface area contributed by atoms with Crippen LogP contribution in [0, 0.1) is 11.3 Å². The van der Waals surface area contributed by atoms with Gasteiger partial charge in [-0.3, -0.25) is 4.98 Å². The van der Waals surface area contributed by atoms with Gasteiger partial charge in [-0.2, -0.15) is 5.26 Å². The third-order valence-electron chi connectivity index (χ3n) is 3.19. The number of hydrogen-bond donors (Lipinski definition) is 1. The highest BCUT2D eigenvalue weighted by atomic mass is 14.9. The number of nitrogens with one attached hydrogen (secondary N) is 1. The van der Waals surface area contributed by atoms with Crippen LogP contribution in [0.15, 0.2) is 60.8 Å². The van der Waals surface area contributed by atoms with E-state index in [2.05, 4.69) is 22.4 Å². The van der Waals surface area contributed by atoms with Gasteiger partial charge in [-0.25, -0.2) is 0 Å². The second kappa shape index (κ2) is 5.41. The maximum atomic E-state index is 8.91. The molecule has 3 rings (SSSR count). The molecule has 3 heteroatoms. The van der Waals surface area contributed by atoms with Gasteiger partial charge in [0.1, 0.15) is 0 Å². The molecule has 0 spiro atoms. The van der Waals surface area contributed by atoms with Crippen molar-refractivity contribution in [2.75, 3.05) is 5.32 Å². The molecule has 0 amide bonds. The van der Waals surface area contributed by atoms with Gasteiger partial charge in [0.2, 0.25) is 0 Å². The second-order valence-electron chi connectivity index (χ2n) is 4.54. The molecule has 0 saturated heterocycles. The summed E-state index contributed by atoms with van der Waals surface area (Å²) in [6.45, 7) is 0.684. The standard InChI is InChI=1S/C17H13N3/c18-11-13-4-3-5-14(10-13)12-20-17-8-9-19-16-7-2-1-6-15(16)17/h1-10H,12H2,(H,19,20). The molecule has 0 bridgehead atoms. The highest BCUT2D eigenvalue weighted by molar-refractivity contribution is 5.90. The minimum absolute atomic E-state index is 0.684. The van der Waals surface area contributed by atoms with Crippen LogP contribution in [0.3, 0.4) is 0 Å². The van der Waals surface area contributed by atoms with Crippen LogP contribution in [0.4, 0.5) is 5.69 Å². The maximum Gasteiger partial charge on any atom is 0.0991 e. The summed E-state index contributed by atoms with van der Waals surface area (Å²) in [5.41, 5.74) is 3.80. The Morgan fingerprint density at radius 2 is 1.95 bits per heavy atom. The van der Waals surface area contributed by atoms with Crippen molar-refractivity contribution in [3.05, 3.63) is 71.9 Å². The number of benzene rings is 2. The first kappa shape index (κ1) is 12.2. The van der Waals surface area contributed by atoms with E-state index in [1.165, 1.54) is 0 Å². The summed E-state index contributed by atoms with van der Waals surface area (Å²) in [5.74, 6) is 0. The van der Waals surface area contributed by atoms with E-state index in [1.54, 1.807) is 6.20 Å². The number of hydrogen-bond acceptors (Lipinski definition) is 3. The average Bonchev–Trinajstić information content (AvgIpc) is 2.53. The summed E-state index contributed by atoms with van der Waals surface area (Å²) >= 11 is 0. The van der Waals surface area contributed by atoms with E-state index >= 15 is 0 Å². The minimum Gasteiger partial charge on any atom is -0.380 e. The topological polar surface area (TPSA) is 48.7 Å². The molecule has 0 radical (unpaired) electrons. The number of fused-ring (bicyclic) bond motifs is 1. The lowest BCUT2D eigenvalue weighted by Crippen LogP contribution is -2.00. The van der Waals surface area contributed by atoms with Crippen LogP contribution in [0.2, 0.25) is 0 Å². The maximum absolute atomic E-state index is 8.91. The lowest BCUT2D eigenvalue weighted by molar-refractivity contribution is 1.15. The summed E-state index contributed by atoms with van der Waals surface area (Å²) in [7, 11) is 0. The summed E-state index contributed by atoms with van der Waals surface area (Å²) in [5, 5.41) is 13.4. The highest BCUT2D eigenvalue weighted by Gasteiger charge is 2.01. The Bertz CT molecular complexity index is 782. The van der Waals surface area contributed by atoms with Gasteiger partial charge in [-0.1, -0.05) is 30.3 Å². The average molecular weight is 259 g/mol. The van der Waals surface area contributed by atoms with Crippen molar-refractivity contribution in [3.63, 3.8) is 0 Å². The molecule has 0 fully saturated rings. The van der Waals surface area contributed by atoms with Gasteiger partial charge < -0.3 is 5.32 Å². The Kier molecular flexibility index (Phi) is 3.30. The Morgan fingerprint density at radius 3 is 2.85 bits per heavy atom. The van der Waals surface area contributed by atoms with Crippen molar-refractivity contribution in [1.82, 2.24) is 4.98 Å². The molecule has 1 N–H and O–H groups in total. The molecule has 96 valence electrons. The van der Waals surface area contributed by atoms with Crippen LogP contribution < -0.4 is 5.32 Å². The van der Waals surface area contributed by atoms with Crippen molar-refractivity contribution >= 4 is 16.6 Å². The number of para-hydroxylation sites is 1. The largest absolute Gasteiger partial charge is 0.380 e. The lowest BCUT2D eigenvalue weighted by Gasteiger charge is -2.09. The fourth-order valence-electron chi connectivity index (χ4n) is 2.20. The molecule has 3 nitrogen and oxygen atoms in total. The normalized spacial score (nSPS) is 10.2. The van der Waals surface area contributed by atoms with E-state index in [-0.39, 0.29) is 0 Å². The summed E-state index contributed by atoms with van der Waals surface area (Å²) in [6.07, 6.45) is 1.80. The first-order valence-electron chi connectivity index (χ1n) is 6.43. The monoisotopic (exact) mass is 259 g/mol. The Morgan fingerprint density at radius 1 is 1.05 bits per heavy atom. The fraction of sp³-hybridized carbons (Fsp3) is 0.0588. The molecule has 0 atom stereocenters. The van der Waals surface area contributed by atoms with Gasteiger partial charge in [-0.15, -0.1) is 0 Å². The van der Waals surface area contributed by atoms with Gasteiger partial charge in [-0.05, 0) is 29.8 Å². The van der Waals surface area contributed by atoms with E-state index in [1.807, 2.05) is 48.5 Å². The van der Waals surface area contributed by atoms with Crippen molar-refractivity contribution in [3.8, 4) is 6.07 Å². The fourth-order valence-corrected chi connectivity index (χ4v) is 2.20. The van der Waals surface area contributed by atoms with Gasteiger partial charge in [0.25, 0.3) is 0 Å². The number of pyridine rings is 1. The number of rotatable bonds is 3. The van der Waals surface area contributed by atoms with Gasteiger partial charge in [0.05, 0.1) is 17.1 Å². The predicted octanol–water partition coefficient (Wildman–Crippen LogP) is 3.72. The molecule has 0 aliphatic carbocycles. The van der Waals surface area contributed by atoms with E-state index in [0.717, 1.165) is 22.2 Å². The number of nitriles is 1. The summed E-state index contributed by atoms with van der Waals surface area (Å²) < 4.78 is 0. The van der Waals surface area contributed by atoms with Crippen LogP contribution in [0.1, 0.15) is 11.1 Å². The molecule has 0 aliphatic heterocycles. The van der Waals surface area contributed by atoms with Crippen molar-refractivity contribution in [2.24, 2.45) is 0 Å². The molecule has 1 heterocycles. The highest BCUT2D eigenvalue weighted by Crippen LogP contribution is 2.21. The van der Waals surface area contributed by atoms with E-state index in [9.17, 15) is 0 Å². The Hall–Kier alpha value is -2.86. The van der Waals surface area contributed by atoms with Crippen molar-refractivity contribution in [2.45, 2.75) is 6.54 Å². The first-order valence-corrected chi connectivity index (χ1v) is 6.43. The lowest BCUT2D eigenvalue weighted by atomic mass is 10.1. The predicted molar refractivity (Wildman–Crippen MR) is 80.2 cm³/mol. The molecular weight excluding hydrogens is 246 g/mol. The van der Waals surface area contributed by atoms with E-state index in [4.69, 9.17) is 5.26 Å². The molecule has 20 heavy (non-hydrogen) atoms. The van der Waals surface area contributed by atoms with Crippen LogP contribution in [0.25, 0.3) is 10.9 Å². The molecule has 0 aliphatic rings. The minimum atomic E-state index is 0.684. The van der Waals surface area contributed by atoms with E-state index in [0.29, 0.717) is 12.1 Å². The molecule has 2 aromatic carbocycles. The smallest absolute Gasteiger partial charge is 0.0991 e. The van der Waals surface area contributed by atoms with E-state index < -0.39 is 0 Å². The summed E-state index contributed by atoms with van der Waals surface area (Å²) in [6, 6.07) is 19.8. The van der Waals surface area contributed by atoms with Crippen molar-refractivity contribution < 1.29 is 0 Å². The van der Waals surface area contributed by atoms with Gasteiger partial charge in [0, 0.05) is 23.8 Å². The van der Waals surface area contributed by atoms with Crippen LogP contribution in [-0.4, -0.2) is 4.98 Å². The second-order valence-corrected chi connectivity index (χ2v) is 4.54. The quantitative estimate of drug-likeness (QED) is 0.779. The third kappa shape index (κ3) is 2.45. The third-order valence-corrected chi connectivity index (χ3v) is 3.19. The first-order chi connectivity index (χ1) is 9.86.